The third-order valence-corrected chi connectivity index (χ3v) is 1.82. The van der Waals surface area contributed by atoms with E-state index in [0.29, 0.717) is 0 Å². The van der Waals surface area contributed by atoms with Crippen molar-refractivity contribution in [3.05, 3.63) is 0 Å². The molecule has 1 aliphatic rings. The second-order valence-electron chi connectivity index (χ2n) is 2.76. The maximum atomic E-state index is 11.1. The van der Waals surface area contributed by atoms with Crippen LogP contribution in [-0.2, 0) is 9.53 Å². The predicted octanol–water partition coefficient (Wildman–Crippen LogP) is 0.0858. The molecule has 0 aromatic heterocycles. The summed E-state index contributed by atoms with van der Waals surface area (Å²) in [6.07, 6.45) is -0.815. The smallest absolute Gasteiger partial charge is 0.407 e. The van der Waals surface area contributed by atoms with E-state index in [9.17, 15) is 9.59 Å². The van der Waals surface area contributed by atoms with Gasteiger partial charge in [0.15, 0.2) is 0 Å². The van der Waals surface area contributed by atoms with E-state index < -0.39 is 15.9 Å². The van der Waals surface area contributed by atoms with E-state index in [4.69, 9.17) is 34.8 Å². The SMILES string of the molecule is O=C(N[C@H]1CNNC1=O)OCC(Cl)(Cl)Cl. The van der Waals surface area contributed by atoms with E-state index >= 15 is 0 Å². The maximum Gasteiger partial charge on any atom is 0.407 e. The van der Waals surface area contributed by atoms with E-state index in [1.807, 2.05) is 0 Å². The number of alkyl carbamates (subject to hydrolysis) is 1. The first-order chi connectivity index (χ1) is 6.88. The highest BCUT2D eigenvalue weighted by Gasteiger charge is 2.27. The number of carbonyl (C=O) groups is 2. The number of alkyl halides is 3. The molecule has 1 fully saturated rings. The van der Waals surface area contributed by atoms with Gasteiger partial charge >= 0.3 is 6.09 Å². The first-order valence-corrected chi connectivity index (χ1v) is 5.04. The van der Waals surface area contributed by atoms with Crippen molar-refractivity contribution in [2.75, 3.05) is 13.2 Å². The molecule has 1 rings (SSSR count). The summed E-state index contributed by atoms with van der Waals surface area (Å²) in [6, 6.07) is -0.673. The van der Waals surface area contributed by atoms with Gasteiger partial charge in [0.25, 0.3) is 5.91 Å². The average Bonchev–Trinajstić information content (AvgIpc) is 2.47. The summed E-state index contributed by atoms with van der Waals surface area (Å²) in [5.74, 6) is -0.346. The molecule has 1 atom stereocenters. The molecular weight excluding hydrogens is 268 g/mol. The van der Waals surface area contributed by atoms with Gasteiger partial charge in [-0.05, 0) is 0 Å². The van der Waals surface area contributed by atoms with Crippen LogP contribution in [0.3, 0.4) is 0 Å². The first-order valence-electron chi connectivity index (χ1n) is 3.91. The van der Waals surface area contributed by atoms with E-state index in [-0.39, 0.29) is 19.1 Å². The fourth-order valence-electron chi connectivity index (χ4n) is 0.868. The van der Waals surface area contributed by atoms with E-state index in [2.05, 4.69) is 20.9 Å². The fourth-order valence-corrected chi connectivity index (χ4v) is 1.03. The Bertz CT molecular complexity index is 268. The van der Waals surface area contributed by atoms with Crippen LogP contribution in [0.25, 0.3) is 0 Å². The average molecular weight is 277 g/mol. The van der Waals surface area contributed by atoms with Crippen LogP contribution >= 0.6 is 34.8 Å². The molecule has 0 aromatic carbocycles. The number of amides is 2. The zero-order valence-corrected chi connectivity index (χ0v) is 9.62. The van der Waals surface area contributed by atoms with Gasteiger partial charge in [-0.15, -0.1) is 0 Å². The lowest BCUT2D eigenvalue weighted by molar-refractivity contribution is -0.121. The van der Waals surface area contributed by atoms with Crippen LogP contribution in [0.15, 0.2) is 0 Å². The molecule has 15 heavy (non-hydrogen) atoms. The van der Waals surface area contributed by atoms with Crippen LogP contribution in [0, 0.1) is 0 Å². The first kappa shape index (κ1) is 12.6. The molecule has 1 heterocycles. The van der Waals surface area contributed by atoms with Crippen LogP contribution in [0.2, 0.25) is 0 Å². The molecular formula is C6H8Cl3N3O3. The predicted molar refractivity (Wildman–Crippen MR) is 54.7 cm³/mol. The molecule has 0 aromatic rings. The quantitative estimate of drug-likeness (QED) is 0.624. The van der Waals surface area contributed by atoms with E-state index in [0.717, 1.165) is 0 Å². The summed E-state index contributed by atoms with van der Waals surface area (Å²) in [7, 11) is 0. The number of hydrazine groups is 1. The van der Waals surface area contributed by atoms with Crippen molar-refractivity contribution in [1.29, 1.82) is 0 Å². The molecule has 86 valence electrons. The van der Waals surface area contributed by atoms with Crippen molar-refractivity contribution in [3.8, 4) is 0 Å². The van der Waals surface area contributed by atoms with Gasteiger partial charge in [0, 0.05) is 6.54 Å². The third kappa shape index (κ3) is 4.74. The third-order valence-electron chi connectivity index (χ3n) is 1.49. The molecule has 0 radical (unpaired) electrons. The van der Waals surface area contributed by atoms with Gasteiger partial charge in [0.05, 0.1) is 0 Å². The van der Waals surface area contributed by atoms with Gasteiger partial charge in [-0.25, -0.2) is 10.2 Å². The molecule has 0 spiro atoms. The van der Waals surface area contributed by atoms with Crippen molar-refractivity contribution in [2.45, 2.75) is 9.83 Å². The highest BCUT2D eigenvalue weighted by atomic mass is 35.6. The number of rotatable bonds is 2. The monoisotopic (exact) mass is 275 g/mol. The summed E-state index contributed by atoms with van der Waals surface area (Å²) >= 11 is 16.1. The zero-order chi connectivity index (χ0) is 11.5. The second kappa shape index (κ2) is 5.07. The highest BCUT2D eigenvalue weighted by Crippen LogP contribution is 2.25. The van der Waals surface area contributed by atoms with Crippen LogP contribution in [0.1, 0.15) is 0 Å². The highest BCUT2D eigenvalue weighted by molar-refractivity contribution is 6.67. The van der Waals surface area contributed by atoms with Gasteiger partial charge in [-0.1, -0.05) is 34.8 Å². The lowest BCUT2D eigenvalue weighted by Crippen LogP contribution is -2.42. The van der Waals surface area contributed by atoms with Crippen LogP contribution in [0.4, 0.5) is 4.79 Å². The summed E-state index contributed by atoms with van der Waals surface area (Å²) in [4.78, 5) is 22.1. The van der Waals surface area contributed by atoms with Crippen molar-refractivity contribution < 1.29 is 14.3 Å². The molecule has 6 nitrogen and oxygen atoms in total. The van der Waals surface area contributed by atoms with Gasteiger partial charge in [0.1, 0.15) is 12.6 Å². The van der Waals surface area contributed by atoms with E-state index in [1.54, 1.807) is 0 Å². The molecule has 1 saturated heterocycles. The second-order valence-corrected chi connectivity index (χ2v) is 5.27. The summed E-state index contributed by atoms with van der Waals surface area (Å²) < 4.78 is 2.90. The number of hydrogen-bond donors (Lipinski definition) is 3. The lowest BCUT2D eigenvalue weighted by atomic mass is 10.3. The Kier molecular flexibility index (Phi) is 4.27. The lowest BCUT2D eigenvalue weighted by Gasteiger charge is -2.13. The molecule has 9 heteroatoms. The van der Waals surface area contributed by atoms with Crippen molar-refractivity contribution >= 4 is 46.8 Å². The minimum absolute atomic E-state index is 0.279. The Morgan fingerprint density at radius 2 is 2.27 bits per heavy atom. The van der Waals surface area contributed by atoms with Crippen LogP contribution in [-0.4, -0.2) is 35.0 Å². The summed E-state index contributed by atoms with van der Waals surface area (Å²) in [6.45, 7) is -0.104. The number of halogens is 3. The normalized spacial score (nSPS) is 21.0. The van der Waals surface area contributed by atoms with E-state index in [1.165, 1.54) is 0 Å². The van der Waals surface area contributed by atoms with Crippen molar-refractivity contribution in [1.82, 2.24) is 16.2 Å². The van der Waals surface area contributed by atoms with Gasteiger partial charge in [0.2, 0.25) is 3.79 Å². The standard InChI is InChI=1S/C6H8Cl3N3O3/c7-6(8,9)2-15-5(14)11-3-1-10-12-4(3)13/h3,10H,1-2H2,(H,11,14)(H,12,13)/t3-/m0/s1. The van der Waals surface area contributed by atoms with Crippen LogP contribution < -0.4 is 16.2 Å². The Hall–Kier alpha value is -0.430. The number of hydrogen-bond acceptors (Lipinski definition) is 4. The number of ether oxygens (including phenoxy) is 1. The number of carbonyl (C=O) groups excluding carboxylic acids is 2. The minimum Gasteiger partial charge on any atom is -0.445 e. The Labute approximate surface area is 101 Å². The summed E-state index contributed by atoms with van der Waals surface area (Å²) in [5.41, 5.74) is 4.86. The minimum atomic E-state index is -1.66. The van der Waals surface area contributed by atoms with Gasteiger partial charge < -0.3 is 10.1 Å². The Morgan fingerprint density at radius 1 is 1.60 bits per heavy atom. The maximum absolute atomic E-state index is 11.1. The number of nitrogens with one attached hydrogen (secondary N) is 3. The van der Waals surface area contributed by atoms with Crippen molar-refractivity contribution in [3.63, 3.8) is 0 Å². The molecule has 0 aliphatic carbocycles. The van der Waals surface area contributed by atoms with Gasteiger partial charge in [-0.2, -0.15) is 0 Å². The molecule has 2 amide bonds. The molecule has 1 aliphatic heterocycles. The van der Waals surface area contributed by atoms with Crippen LogP contribution in [0.5, 0.6) is 0 Å². The Balaban J connectivity index is 2.27. The largest absolute Gasteiger partial charge is 0.445 e. The molecule has 0 bridgehead atoms. The Morgan fingerprint density at radius 3 is 2.73 bits per heavy atom. The zero-order valence-electron chi connectivity index (χ0n) is 7.35. The molecule has 3 N–H and O–H groups in total. The van der Waals surface area contributed by atoms with Crippen molar-refractivity contribution in [2.24, 2.45) is 0 Å². The topological polar surface area (TPSA) is 79.5 Å². The summed E-state index contributed by atoms with van der Waals surface area (Å²) in [5, 5.41) is 2.29. The van der Waals surface area contributed by atoms with Gasteiger partial charge in [-0.3, -0.25) is 10.2 Å². The fraction of sp³-hybridized carbons (Fsp3) is 0.667. The molecule has 0 unspecified atom stereocenters. The molecule has 0 saturated carbocycles.